The SMILES string of the molecule is COc1cc2nc(C)c(-c3ccc(-c4cc(C(F)(F)F)ccc4F)cc3)c(Cl)c2cc1Cl. The quantitative estimate of drug-likeness (QED) is 0.275. The molecule has 0 aliphatic heterocycles. The summed E-state index contributed by atoms with van der Waals surface area (Å²) >= 11 is 12.9. The summed E-state index contributed by atoms with van der Waals surface area (Å²) in [5.74, 6) is -0.265. The van der Waals surface area contributed by atoms with Crippen LogP contribution < -0.4 is 4.74 Å². The molecule has 0 spiro atoms. The zero-order chi connectivity index (χ0) is 23.2. The highest BCUT2D eigenvalue weighted by Gasteiger charge is 2.31. The number of rotatable bonds is 3. The molecule has 0 saturated heterocycles. The number of pyridine rings is 1. The number of benzene rings is 3. The molecule has 4 rings (SSSR count). The van der Waals surface area contributed by atoms with Crippen LogP contribution in [0.25, 0.3) is 33.2 Å². The van der Waals surface area contributed by atoms with Crippen molar-refractivity contribution in [1.29, 1.82) is 0 Å². The maximum atomic E-state index is 14.2. The van der Waals surface area contributed by atoms with Gasteiger partial charge in [-0.15, -0.1) is 0 Å². The van der Waals surface area contributed by atoms with E-state index < -0.39 is 17.6 Å². The minimum Gasteiger partial charge on any atom is -0.495 e. The van der Waals surface area contributed by atoms with E-state index in [-0.39, 0.29) is 5.56 Å². The van der Waals surface area contributed by atoms with Crippen LogP contribution in [0.4, 0.5) is 17.6 Å². The van der Waals surface area contributed by atoms with Crippen molar-refractivity contribution in [1.82, 2.24) is 4.98 Å². The van der Waals surface area contributed by atoms with Crippen molar-refractivity contribution in [3.05, 3.63) is 81.7 Å². The Morgan fingerprint density at radius 2 is 1.56 bits per heavy atom. The van der Waals surface area contributed by atoms with E-state index in [2.05, 4.69) is 4.98 Å². The maximum absolute atomic E-state index is 14.2. The molecule has 164 valence electrons. The van der Waals surface area contributed by atoms with Crippen LogP contribution in [0.15, 0.2) is 54.6 Å². The topological polar surface area (TPSA) is 22.1 Å². The smallest absolute Gasteiger partial charge is 0.416 e. The Balaban J connectivity index is 1.80. The van der Waals surface area contributed by atoms with Gasteiger partial charge in [0.2, 0.25) is 0 Å². The third kappa shape index (κ3) is 4.00. The summed E-state index contributed by atoms with van der Waals surface area (Å²) in [7, 11) is 1.50. The summed E-state index contributed by atoms with van der Waals surface area (Å²) in [6.07, 6.45) is -4.56. The Bertz CT molecular complexity index is 1340. The van der Waals surface area contributed by atoms with Crippen LogP contribution >= 0.6 is 23.2 Å². The molecule has 0 aliphatic rings. The molecular weight excluding hydrogens is 465 g/mol. The summed E-state index contributed by atoms with van der Waals surface area (Å²) in [5.41, 5.74) is 1.85. The van der Waals surface area contributed by atoms with Gasteiger partial charge >= 0.3 is 6.18 Å². The summed E-state index contributed by atoms with van der Waals surface area (Å²) < 4.78 is 58.6. The Kier molecular flexibility index (Phi) is 5.77. The van der Waals surface area contributed by atoms with Gasteiger partial charge in [0, 0.05) is 28.3 Å². The molecule has 1 heterocycles. The molecule has 0 N–H and O–H groups in total. The fourth-order valence-corrected chi connectivity index (χ4v) is 4.21. The van der Waals surface area contributed by atoms with E-state index in [9.17, 15) is 17.6 Å². The highest BCUT2D eigenvalue weighted by Crippen LogP contribution is 2.40. The fourth-order valence-electron chi connectivity index (χ4n) is 3.57. The monoisotopic (exact) mass is 479 g/mol. The number of fused-ring (bicyclic) bond motifs is 1. The lowest BCUT2D eigenvalue weighted by molar-refractivity contribution is -0.137. The zero-order valence-electron chi connectivity index (χ0n) is 16.8. The second kappa shape index (κ2) is 8.26. The van der Waals surface area contributed by atoms with Gasteiger partial charge in [-0.25, -0.2) is 4.39 Å². The number of alkyl halides is 3. The van der Waals surface area contributed by atoms with Crippen molar-refractivity contribution < 1.29 is 22.3 Å². The molecule has 0 bridgehead atoms. The van der Waals surface area contributed by atoms with Gasteiger partial charge in [0.15, 0.2) is 0 Å². The highest BCUT2D eigenvalue weighted by atomic mass is 35.5. The van der Waals surface area contributed by atoms with Crippen LogP contribution in [0.3, 0.4) is 0 Å². The van der Waals surface area contributed by atoms with Crippen LogP contribution in [0.5, 0.6) is 5.75 Å². The average molecular weight is 480 g/mol. The first-order chi connectivity index (χ1) is 15.1. The van der Waals surface area contributed by atoms with Crippen molar-refractivity contribution in [3.63, 3.8) is 0 Å². The van der Waals surface area contributed by atoms with Crippen LogP contribution in [0, 0.1) is 12.7 Å². The first kappa shape index (κ1) is 22.4. The standard InChI is InChI=1S/C24H15Cl2F4NO/c1-12-22(23(26)17-10-18(25)21(32-2)11-20(17)31-12)14-5-3-13(4-6-14)16-9-15(24(28,29)30)7-8-19(16)27/h3-11H,1-2H3. The fraction of sp³-hybridized carbons (Fsp3) is 0.125. The van der Waals surface area contributed by atoms with E-state index in [1.54, 1.807) is 43.3 Å². The average Bonchev–Trinajstić information content (AvgIpc) is 2.74. The van der Waals surface area contributed by atoms with E-state index in [1.165, 1.54) is 7.11 Å². The predicted octanol–water partition coefficient (Wildman–Crippen LogP) is 8.35. The lowest BCUT2D eigenvalue weighted by Crippen LogP contribution is -2.05. The van der Waals surface area contributed by atoms with Crippen molar-refractivity contribution in [3.8, 4) is 28.0 Å². The van der Waals surface area contributed by atoms with E-state index in [1.807, 2.05) is 0 Å². The molecular formula is C24H15Cl2F4NO. The summed E-state index contributed by atoms with van der Waals surface area (Å²) in [6, 6.07) is 12.1. The lowest BCUT2D eigenvalue weighted by Gasteiger charge is -2.14. The summed E-state index contributed by atoms with van der Waals surface area (Å²) in [4.78, 5) is 4.59. The number of hydrogen-bond acceptors (Lipinski definition) is 2. The van der Waals surface area contributed by atoms with Crippen molar-refractivity contribution in [2.75, 3.05) is 7.11 Å². The van der Waals surface area contributed by atoms with E-state index >= 15 is 0 Å². The van der Waals surface area contributed by atoms with Gasteiger partial charge in [-0.05, 0) is 42.3 Å². The number of aryl methyl sites for hydroxylation is 1. The number of methoxy groups -OCH3 is 1. The van der Waals surface area contributed by atoms with Crippen molar-refractivity contribution in [2.24, 2.45) is 0 Å². The third-order valence-electron chi connectivity index (χ3n) is 5.15. The zero-order valence-corrected chi connectivity index (χ0v) is 18.3. The van der Waals surface area contributed by atoms with E-state index in [0.29, 0.717) is 49.1 Å². The van der Waals surface area contributed by atoms with Gasteiger partial charge in [0.05, 0.1) is 28.2 Å². The number of halogens is 6. The Labute approximate surface area is 191 Å². The van der Waals surface area contributed by atoms with Crippen LogP contribution in [-0.2, 0) is 6.18 Å². The molecule has 2 nitrogen and oxygen atoms in total. The molecule has 0 radical (unpaired) electrons. The Morgan fingerprint density at radius 1 is 0.906 bits per heavy atom. The molecule has 32 heavy (non-hydrogen) atoms. The predicted molar refractivity (Wildman–Crippen MR) is 119 cm³/mol. The Hall–Kier alpha value is -2.83. The summed E-state index contributed by atoms with van der Waals surface area (Å²) in [5, 5.41) is 1.44. The number of aromatic nitrogens is 1. The molecule has 3 aromatic carbocycles. The van der Waals surface area contributed by atoms with Crippen LogP contribution in [0.2, 0.25) is 10.0 Å². The molecule has 8 heteroatoms. The van der Waals surface area contributed by atoms with Crippen molar-refractivity contribution in [2.45, 2.75) is 13.1 Å². The van der Waals surface area contributed by atoms with Crippen LogP contribution in [-0.4, -0.2) is 12.1 Å². The molecule has 0 fully saturated rings. The Morgan fingerprint density at radius 3 is 2.19 bits per heavy atom. The molecule has 0 atom stereocenters. The van der Waals surface area contributed by atoms with E-state index in [4.69, 9.17) is 27.9 Å². The number of hydrogen-bond donors (Lipinski definition) is 0. The lowest BCUT2D eigenvalue weighted by atomic mass is 9.97. The van der Waals surface area contributed by atoms with Gasteiger partial charge in [0.25, 0.3) is 0 Å². The molecule has 0 amide bonds. The third-order valence-corrected chi connectivity index (χ3v) is 5.84. The van der Waals surface area contributed by atoms with Gasteiger partial charge in [-0.2, -0.15) is 13.2 Å². The first-order valence-electron chi connectivity index (χ1n) is 9.41. The second-order valence-electron chi connectivity index (χ2n) is 7.16. The number of ether oxygens (including phenoxy) is 1. The minimum absolute atomic E-state index is 0.135. The summed E-state index contributed by atoms with van der Waals surface area (Å²) in [6.45, 7) is 1.79. The molecule has 4 aromatic rings. The normalized spacial score (nSPS) is 11.8. The molecule has 0 aliphatic carbocycles. The second-order valence-corrected chi connectivity index (χ2v) is 7.94. The largest absolute Gasteiger partial charge is 0.495 e. The van der Waals surface area contributed by atoms with Gasteiger partial charge < -0.3 is 4.74 Å². The van der Waals surface area contributed by atoms with Gasteiger partial charge in [-0.3, -0.25) is 4.98 Å². The maximum Gasteiger partial charge on any atom is 0.416 e. The van der Waals surface area contributed by atoms with Gasteiger partial charge in [0.1, 0.15) is 11.6 Å². The van der Waals surface area contributed by atoms with Gasteiger partial charge in [-0.1, -0.05) is 47.5 Å². The molecule has 0 unspecified atom stereocenters. The highest BCUT2D eigenvalue weighted by molar-refractivity contribution is 6.39. The van der Waals surface area contributed by atoms with E-state index in [0.717, 1.165) is 18.2 Å². The van der Waals surface area contributed by atoms with Crippen LogP contribution in [0.1, 0.15) is 11.3 Å². The molecule has 1 aromatic heterocycles. The first-order valence-corrected chi connectivity index (χ1v) is 10.2. The molecule has 0 saturated carbocycles. The number of nitrogens with zero attached hydrogens (tertiary/aromatic N) is 1. The minimum atomic E-state index is -4.56. The van der Waals surface area contributed by atoms with Crippen molar-refractivity contribution >= 4 is 34.1 Å².